The van der Waals surface area contributed by atoms with E-state index in [1.807, 2.05) is 0 Å². The molecule has 0 heterocycles. The van der Waals surface area contributed by atoms with E-state index < -0.39 is 0 Å². The van der Waals surface area contributed by atoms with Crippen LogP contribution in [0.1, 0.15) is 26.2 Å². The zero-order valence-electron chi connectivity index (χ0n) is 5.80. The second-order valence-electron chi connectivity index (χ2n) is 2.65. The van der Waals surface area contributed by atoms with E-state index in [2.05, 4.69) is 26.0 Å². The molecule has 0 N–H and O–H groups in total. The van der Waals surface area contributed by atoms with Crippen molar-refractivity contribution >= 4 is 12.6 Å². The topological polar surface area (TPSA) is 0 Å². The van der Waals surface area contributed by atoms with Gasteiger partial charge in [0.2, 0.25) is 0 Å². The summed E-state index contributed by atoms with van der Waals surface area (Å²) in [5.74, 6) is 0.836. The predicted molar refractivity (Wildman–Crippen MR) is 40.1 cm³/mol. The molecule has 52 valence electrons. The normalized spacial score (nSPS) is 35.3. The summed E-state index contributed by atoms with van der Waals surface area (Å²) in [4.78, 5) is 0. The SMILES string of the molecule is CC1CC[CH-]CC1S.[U]. The van der Waals surface area contributed by atoms with Crippen LogP contribution in [0.25, 0.3) is 0 Å². The molecule has 0 saturated heterocycles. The van der Waals surface area contributed by atoms with E-state index in [4.69, 9.17) is 0 Å². The molecule has 0 aliphatic heterocycles. The fourth-order valence-corrected chi connectivity index (χ4v) is 1.39. The van der Waals surface area contributed by atoms with Gasteiger partial charge in [-0.25, -0.2) is 0 Å². The molecule has 1 fully saturated rings. The van der Waals surface area contributed by atoms with Crippen molar-refractivity contribution in [3.8, 4) is 0 Å². The number of hydrogen-bond donors (Lipinski definition) is 1. The predicted octanol–water partition coefficient (Wildman–Crippen LogP) is 2.31. The summed E-state index contributed by atoms with van der Waals surface area (Å²) in [6, 6.07) is 0. The Morgan fingerprint density at radius 3 is 2.56 bits per heavy atom. The van der Waals surface area contributed by atoms with Gasteiger partial charge in [0.1, 0.15) is 0 Å². The van der Waals surface area contributed by atoms with Crippen LogP contribution in [0.3, 0.4) is 0 Å². The van der Waals surface area contributed by atoms with Crippen LogP contribution in [0, 0.1) is 43.5 Å². The summed E-state index contributed by atoms with van der Waals surface area (Å²) < 4.78 is 0. The molecule has 0 nitrogen and oxygen atoms in total. The minimum absolute atomic E-state index is 0. The van der Waals surface area contributed by atoms with Crippen molar-refractivity contribution in [1.29, 1.82) is 0 Å². The summed E-state index contributed by atoms with van der Waals surface area (Å²) in [7, 11) is 0. The molecule has 1 rings (SSSR count). The molecule has 9 heavy (non-hydrogen) atoms. The van der Waals surface area contributed by atoms with Crippen molar-refractivity contribution in [1.82, 2.24) is 0 Å². The smallest absolute Gasteiger partial charge is 0 e. The molecule has 0 aromatic carbocycles. The third kappa shape index (κ3) is 3.35. The van der Waals surface area contributed by atoms with Crippen molar-refractivity contribution in [2.45, 2.75) is 31.4 Å². The third-order valence-electron chi connectivity index (χ3n) is 1.89. The Bertz CT molecular complexity index is 65.3. The maximum Gasteiger partial charge on any atom is 0 e. The summed E-state index contributed by atoms with van der Waals surface area (Å²) >= 11 is 4.42. The molecule has 0 spiro atoms. The maximum absolute atomic E-state index is 4.42. The van der Waals surface area contributed by atoms with Crippen LogP contribution < -0.4 is 0 Å². The summed E-state index contributed by atoms with van der Waals surface area (Å²) in [5.41, 5.74) is 0. The first-order chi connectivity index (χ1) is 3.80. The Labute approximate surface area is 87.0 Å². The van der Waals surface area contributed by atoms with Gasteiger partial charge in [0.15, 0.2) is 0 Å². The van der Waals surface area contributed by atoms with E-state index in [9.17, 15) is 0 Å². The minimum atomic E-state index is 0. The van der Waals surface area contributed by atoms with Gasteiger partial charge in [-0.15, -0.1) is 0 Å². The average molecular weight is 367 g/mol. The Kier molecular flexibility index (Phi) is 5.90. The van der Waals surface area contributed by atoms with Gasteiger partial charge in [-0.1, -0.05) is 13.3 Å². The molecule has 1 aliphatic carbocycles. The van der Waals surface area contributed by atoms with Crippen molar-refractivity contribution in [3.05, 3.63) is 6.42 Å². The van der Waals surface area contributed by atoms with E-state index >= 15 is 0 Å². The fourth-order valence-electron chi connectivity index (χ4n) is 1.09. The Balaban J connectivity index is 0.000000640. The van der Waals surface area contributed by atoms with E-state index in [0.717, 1.165) is 5.92 Å². The number of thiol groups is 1. The number of rotatable bonds is 0. The first kappa shape index (κ1) is 10.4. The largest absolute Gasteiger partial charge is 0.327 e. The Hall–Kier alpha value is 1.40. The van der Waals surface area contributed by atoms with Gasteiger partial charge in [0, 0.05) is 31.1 Å². The van der Waals surface area contributed by atoms with Crippen molar-refractivity contribution in [3.63, 3.8) is 0 Å². The van der Waals surface area contributed by atoms with Gasteiger partial charge in [0.05, 0.1) is 0 Å². The van der Waals surface area contributed by atoms with Gasteiger partial charge in [-0.3, -0.25) is 0 Å². The van der Waals surface area contributed by atoms with E-state index in [1.54, 1.807) is 0 Å². The van der Waals surface area contributed by atoms with Gasteiger partial charge < -0.3 is 6.42 Å². The van der Waals surface area contributed by atoms with Gasteiger partial charge in [-0.05, 0) is 11.2 Å². The summed E-state index contributed by atoms with van der Waals surface area (Å²) in [6.07, 6.45) is 6.20. The molecule has 1 saturated carbocycles. The second kappa shape index (κ2) is 5.11. The molecule has 0 bridgehead atoms. The molecule has 0 aromatic rings. The molecule has 2 heteroatoms. The van der Waals surface area contributed by atoms with Crippen LogP contribution in [-0.2, 0) is 0 Å². The Morgan fingerprint density at radius 2 is 2.22 bits per heavy atom. The molecule has 0 radical (unpaired) electrons. The van der Waals surface area contributed by atoms with Crippen LogP contribution in [0.4, 0.5) is 0 Å². The molecule has 2 atom stereocenters. The van der Waals surface area contributed by atoms with Gasteiger partial charge in [-0.2, -0.15) is 25.5 Å². The fraction of sp³-hybridized carbons (Fsp3) is 0.857. The zero-order valence-corrected chi connectivity index (χ0v) is 10.9. The van der Waals surface area contributed by atoms with Crippen LogP contribution in [0.15, 0.2) is 0 Å². The molecule has 1 aliphatic rings. The molecular formula is C7H13SU-. The molecule has 0 aromatic heterocycles. The average Bonchev–Trinajstić information content (AvgIpc) is 1.77. The van der Waals surface area contributed by atoms with E-state index in [1.165, 1.54) is 19.3 Å². The second-order valence-corrected chi connectivity index (χ2v) is 3.31. The van der Waals surface area contributed by atoms with Crippen molar-refractivity contribution in [2.75, 3.05) is 0 Å². The zero-order chi connectivity index (χ0) is 5.98. The third-order valence-corrected chi connectivity index (χ3v) is 2.61. The molecule has 0 amide bonds. The van der Waals surface area contributed by atoms with Crippen LogP contribution >= 0.6 is 12.6 Å². The summed E-state index contributed by atoms with van der Waals surface area (Å²) in [6.45, 7) is 2.28. The minimum Gasteiger partial charge on any atom is -0.327 e. The molecular weight excluding hydrogens is 354 g/mol. The van der Waals surface area contributed by atoms with Crippen LogP contribution in [-0.4, -0.2) is 5.25 Å². The van der Waals surface area contributed by atoms with E-state index in [0.29, 0.717) is 5.25 Å². The van der Waals surface area contributed by atoms with Crippen molar-refractivity contribution in [2.24, 2.45) is 5.92 Å². The monoisotopic (exact) mass is 367 g/mol. The Morgan fingerprint density at radius 1 is 1.56 bits per heavy atom. The van der Waals surface area contributed by atoms with Crippen molar-refractivity contribution < 1.29 is 31.1 Å². The van der Waals surface area contributed by atoms with Crippen LogP contribution in [0.5, 0.6) is 0 Å². The van der Waals surface area contributed by atoms with Crippen LogP contribution in [0.2, 0.25) is 0 Å². The molecule has 2 unspecified atom stereocenters. The summed E-state index contributed by atoms with van der Waals surface area (Å²) in [5, 5.41) is 0.642. The first-order valence-corrected chi connectivity index (χ1v) is 3.82. The maximum atomic E-state index is 4.42. The van der Waals surface area contributed by atoms with E-state index in [-0.39, 0.29) is 31.1 Å². The first-order valence-electron chi connectivity index (χ1n) is 3.30. The number of hydrogen-bond acceptors (Lipinski definition) is 1. The van der Waals surface area contributed by atoms with Gasteiger partial charge >= 0.3 is 0 Å². The standard InChI is InChI=1S/C7H13S.U/c1-6-4-2-3-5-7(6)8;/h3,6-8H,2,4-5H2,1H3;/q-1;. The quantitative estimate of drug-likeness (QED) is 0.493. The van der Waals surface area contributed by atoms with Gasteiger partial charge in [0.25, 0.3) is 0 Å².